The lowest BCUT2D eigenvalue weighted by molar-refractivity contribution is -0.132. The second kappa shape index (κ2) is 8.19. The van der Waals surface area contributed by atoms with Crippen molar-refractivity contribution in [2.75, 3.05) is 0 Å². The number of nitrogens with zero attached hydrogens (tertiary/aromatic N) is 3. The zero-order valence-corrected chi connectivity index (χ0v) is 14.1. The van der Waals surface area contributed by atoms with Crippen molar-refractivity contribution >= 4 is 17.8 Å². The second-order valence-corrected chi connectivity index (χ2v) is 6.01. The van der Waals surface area contributed by atoms with E-state index < -0.39 is 18.0 Å². The van der Waals surface area contributed by atoms with Crippen LogP contribution >= 0.6 is 0 Å². The Bertz CT molecular complexity index is 740. The first-order valence-corrected chi connectivity index (χ1v) is 8.29. The van der Waals surface area contributed by atoms with Gasteiger partial charge in [-0.25, -0.2) is 4.79 Å². The quantitative estimate of drug-likeness (QED) is 0.723. The maximum Gasteiger partial charge on any atom is 0.322 e. The van der Waals surface area contributed by atoms with E-state index in [0.29, 0.717) is 13.1 Å². The molecule has 1 aliphatic heterocycles. The van der Waals surface area contributed by atoms with Gasteiger partial charge in [-0.2, -0.15) is 0 Å². The van der Waals surface area contributed by atoms with Crippen LogP contribution in [-0.2, 0) is 22.7 Å². The number of pyridine rings is 2. The molecular weight excluding hydrogens is 334 g/mol. The van der Waals surface area contributed by atoms with Crippen molar-refractivity contribution in [2.45, 2.75) is 32.0 Å². The van der Waals surface area contributed by atoms with Crippen molar-refractivity contribution in [3.63, 3.8) is 0 Å². The molecule has 0 bridgehead atoms. The Balaban J connectivity index is 1.66. The van der Waals surface area contributed by atoms with E-state index in [1.807, 2.05) is 24.3 Å². The van der Waals surface area contributed by atoms with Crippen molar-refractivity contribution in [3.05, 3.63) is 60.2 Å². The van der Waals surface area contributed by atoms with Crippen LogP contribution in [0.1, 0.15) is 24.0 Å². The number of imide groups is 1. The van der Waals surface area contributed by atoms with E-state index in [9.17, 15) is 14.4 Å². The number of amides is 4. The molecule has 134 valence electrons. The summed E-state index contributed by atoms with van der Waals surface area (Å²) in [6.45, 7) is 0.875. The first-order valence-electron chi connectivity index (χ1n) is 8.29. The Morgan fingerprint density at radius 1 is 0.962 bits per heavy atom. The molecule has 3 rings (SSSR count). The largest absolute Gasteiger partial charge is 0.334 e. The molecule has 0 radical (unpaired) electrons. The lowest BCUT2D eigenvalue weighted by Gasteiger charge is -2.23. The van der Waals surface area contributed by atoms with Crippen LogP contribution in [0.25, 0.3) is 0 Å². The van der Waals surface area contributed by atoms with E-state index in [0.717, 1.165) is 11.1 Å². The van der Waals surface area contributed by atoms with E-state index in [1.54, 1.807) is 29.7 Å². The Morgan fingerprint density at radius 3 is 1.96 bits per heavy atom. The van der Waals surface area contributed by atoms with E-state index in [1.165, 1.54) is 0 Å². The van der Waals surface area contributed by atoms with Gasteiger partial charge in [-0.05, 0) is 41.8 Å². The standard InChI is InChI=1S/C18H19N5O3/c24-16(2-1-15-17(25)22-18(26)21-15)23(11-13-3-7-19-8-4-13)12-14-5-9-20-10-6-14/h3-10,15H,1-2,11-12H2,(H2,21,22,25,26)/t15-/m1/s1. The monoisotopic (exact) mass is 353 g/mol. The summed E-state index contributed by atoms with van der Waals surface area (Å²) in [6.07, 6.45) is 7.16. The minimum Gasteiger partial charge on any atom is -0.334 e. The highest BCUT2D eigenvalue weighted by molar-refractivity contribution is 6.04. The van der Waals surface area contributed by atoms with Gasteiger partial charge in [0, 0.05) is 44.3 Å². The van der Waals surface area contributed by atoms with Crippen molar-refractivity contribution < 1.29 is 14.4 Å². The maximum absolute atomic E-state index is 12.7. The van der Waals surface area contributed by atoms with Crippen LogP contribution in [0, 0.1) is 0 Å². The number of urea groups is 1. The average molecular weight is 353 g/mol. The van der Waals surface area contributed by atoms with Crippen molar-refractivity contribution in [2.24, 2.45) is 0 Å². The number of carbonyl (C=O) groups is 3. The van der Waals surface area contributed by atoms with Gasteiger partial charge in [0.15, 0.2) is 0 Å². The number of rotatable bonds is 7. The highest BCUT2D eigenvalue weighted by atomic mass is 16.2. The number of hydrogen-bond acceptors (Lipinski definition) is 5. The molecule has 2 N–H and O–H groups in total. The predicted molar refractivity (Wildman–Crippen MR) is 92.4 cm³/mol. The molecule has 8 nitrogen and oxygen atoms in total. The van der Waals surface area contributed by atoms with E-state index in [-0.39, 0.29) is 18.7 Å². The summed E-state index contributed by atoms with van der Waals surface area (Å²) in [5, 5.41) is 4.68. The van der Waals surface area contributed by atoms with Gasteiger partial charge in [0.2, 0.25) is 5.91 Å². The molecule has 0 unspecified atom stereocenters. The van der Waals surface area contributed by atoms with Crippen molar-refractivity contribution in [1.29, 1.82) is 0 Å². The fraction of sp³-hybridized carbons (Fsp3) is 0.278. The smallest absolute Gasteiger partial charge is 0.322 e. The van der Waals surface area contributed by atoms with Crippen LogP contribution in [0.3, 0.4) is 0 Å². The van der Waals surface area contributed by atoms with Crippen LogP contribution in [0.5, 0.6) is 0 Å². The predicted octanol–water partition coefficient (Wildman–Crippen LogP) is 0.994. The highest BCUT2D eigenvalue weighted by Gasteiger charge is 2.30. The SMILES string of the molecule is O=C1NC(=O)[C@@H](CCC(=O)N(Cc2ccncc2)Cc2ccncc2)N1. The summed E-state index contributed by atoms with van der Waals surface area (Å²) in [4.78, 5) is 45.2. The van der Waals surface area contributed by atoms with E-state index in [4.69, 9.17) is 0 Å². The first kappa shape index (κ1) is 17.5. The molecule has 0 aliphatic carbocycles. The van der Waals surface area contributed by atoms with Gasteiger partial charge >= 0.3 is 6.03 Å². The van der Waals surface area contributed by atoms with Crippen molar-refractivity contribution in [3.8, 4) is 0 Å². The van der Waals surface area contributed by atoms with Gasteiger partial charge in [0.1, 0.15) is 6.04 Å². The summed E-state index contributed by atoms with van der Waals surface area (Å²) in [5.41, 5.74) is 1.93. The van der Waals surface area contributed by atoms with Gasteiger partial charge in [0.25, 0.3) is 5.91 Å². The van der Waals surface area contributed by atoms with Gasteiger partial charge in [-0.3, -0.25) is 24.9 Å². The normalized spacial score (nSPS) is 16.1. The van der Waals surface area contributed by atoms with Gasteiger partial charge in [-0.15, -0.1) is 0 Å². The third kappa shape index (κ3) is 4.62. The lowest BCUT2D eigenvalue weighted by atomic mass is 10.1. The fourth-order valence-corrected chi connectivity index (χ4v) is 2.74. The molecule has 0 spiro atoms. The number of carbonyl (C=O) groups excluding carboxylic acids is 3. The highest BCUT2D eigenvalue weighted by Crippen LogP contribution is 2.13. The van der Waals surface area contributed by atoms with Gasteiger partial charge in [-0.1, -0.05) is 0 Å². The summed E-state index contributed by atoms with van der Waals surface area (Å²) < 4.78 is 0. The Kier molecular flexibility index (Phi) is 5.52. The summed E-state index contributed by atoms with van der Waals surface area (Å²) in [5.74, 6) is -0.481. The molecule has 0 saturated carbocycles. The minimum absolute atomic E-state index is 0.0902. The number of aromatic nitrogens is 2. The molecule has 0 aromatic carbocycles. The molecular formula is C18H19N5O3. The molecule has 1 aliphatic rings. The van der Waals surface area contributed by atoms with Crippen LogP contribution in [0.2, 0.25) is 0 Å². The van der Waals surface area contributed by atoms with Gasteiger partial charge in [0.05, 0.1) is 0 Å². The van der Waals surface area contributed by atoms with Crippen LogP contribution < -0.4 is 10.6 Å². The topological polar surface area (TPSA) is 104 Å². The van der Waals surface area contributed by atoms with Crippen molar-refractivity contribution in [1.82, 2.24) is 25.5 Å². The number of nitrogens with one attached hydrogen (secondary N) is 2. The molecule has 8 heteroatoms. The lowest BCUT2D eigenvalue weighted by Crippen LogP contribution is -2.34. The minimum atomic E-state index is -0.657. The zero-order valence-electron chi connectivity index (χ0n) is 14.1. The van der Waals surface area contributed by atoms with Crippen LogP contribution in [0.15, 0.2) is 49.1 Å². The van der Waals surface area contributed by atoms with Crippen LogP contribution in [-0.4, -0.2) is 38.8 Å². The number of hydrogen-bond donors (Lipinski definition) is 2. The summed E-state index contributed by atoms with van der Waals surface area (Å²) in [6, 6.07) is 6.26. The van der Waals surface area contributed by atoms with E-state index >= 15 is 0 Å². The molecule has 2 aromatic heterocycles. The molecule has 1 saturated heterocycles. The van der Waals surface area contributed by atoms with Crippen LogP contribution in [0.4, 0.5) is 4.79 Å². The Hall–Kier alpha value is -3.29. The summed E-state index contributed by atoms with van der Waals surface area (Å²) in [7, 11) is 0. The zero-order chi connectivity index (χ0) is 18.4. The summed E-state index contributed by atoms with van der Waals surface area (Å²) >= 11 is 0. The first-order chi connectivity index (χ1) is 12.6. The third-order valence-electron chi connectivity index (χ3n) is 4.10. The molecule has 2 aromatic rings. The molecule has 3 heterocycles. The molecule has 4 amide bonds. The molecule has 1 fully saturated rings. The fourth-order valence-electron chi connectivity index (χ4n) is 2.74. The second-order valence-electron chi connectivity index (χ2n) is 6.01. The van der Waals surface area contributed by atoms with E-state index in [2.05, 4.69) is 20.6 Å². The third-order valence-corrected chi connectivity index (χ3v) is 4.10. The maximum atomic E-state index is 12.7. The Labute approximate surface area is 150 Å². The average Bonchev–Trinajstić information content (AvgIpc) is 2.98. The Morgan fingerprint density at radius 2 is 1.50 bits per heavy atom. The van der Waals surface area contributed by atoms with Gasteiger partial charge < -0.3 is 10.2 Å². The molecule has 26 heavy (non-hydrogen) atoms. The molecule has 1 atom stereocenters.